The Morgan fingerprint density at radius 1 is 0.975 bits per heavy atom. The summed E-state index contributed by atoms with van der Waals surface area (Å²) in [7, 11) is -3.85. The molecule has 0 heterocycles. The summed E-state index contributed by atoms with van der Waals surface area (Å²) in [5, 5.41) is 3.69. The fourth-order valence-corrected chi connectivity index (χ4v) is 5.72. The number of anilines is 1. The van der Waals surface area contributed by atoms with Crippen LogP contribution in [-0.4, -0.2) is 50.5 Å². The third-order valence-electron chi connectivity index (χ3n) is 6.70. The fraction of sp³-hybridized carbons (Fsp3) is 0.333. The lowest BCUT2D eigenvalue weighted by atomic mass is 10.0. The van der Waals surface area contributed by atoms with Crippen LogP contribution in [-0.2, 0) is 32.6 Å². The van der Waals surface area contributed by atoms with Crippen LogP contribution in [0.15, 0.2) is 66.7 Å². The van der Waals surface area contributed by atoms with Crippen molar-refractivity contribution in [2.45, 2.75) is 46.2 Å². The number of rotatable bonds is 12. The molecule has 1 N–H and O–H groups in total. The Balaban J connectivity index is 2.10. The van der Waals surface area contributed by atoms with Gasteiger partial charge in [-0.2, -0.15) is 0 Å². The first-order chi connectivity index (χ1) is 18.9. The van der Waals surface area contributed by atoms with E-state index in [0.29, 0.717) is 27.8 Å². The summed E-state index contributed by atoms with van der Waals surface area (Å²) in [6.07, 6.45) is 2.02. The Morgan fingerprint density at radius 3 is 2.30 bits per heavy atom. The maximum Gasteiger partial charge on any atom is 0.244 e. The van der Waals surface area contributed by atoms with Crippen molar-refractivity contribution >= 4 is 50.7 Å². The highest BCUT2D eigenvalue weighted by atomic mass is 35.5. The molecule has 1 atom stereocenters. The smallest absolute Gasteiger partial charge is 0.244 e. The number of nitrogens with one attached hydrogen (secondary N) is 1. The van der Waals surface area contributed by atoms with Crippen LogP contribution in [0.3, 0.4) is 0 Å². The van der Waals surface area contributed by atoms with Gasteiger partial charge in [-0.25, -0.2) is 8.42 Å². The summed E-state index contributed by atoms with van der Waals surface area (Å²) in [4.78, 5) is 29.1. The zero-order valence-corrected chi connectivity index (χ0v) is 25.5. The molecule has 0 aliphatic heterocycles. The van der Waals surface area contributed by atoms with Crippen LogP contribution < -0.4 is 9.62 Å². The standard InChI is InChI=1S/C30H35Cl2N3O4S/c1-5-16-33-30(37)28(17-23-11-7-6-8-12-23)34(19-24-14-15-25(31)18-26(24)32)29(36)20-35(40(4,38)39)27-13-9-10-21(2)22(27)3/h6-15,18,28H,5,16-17,19-20H2,1-4H3,(H,33,37). The molecular weight excluding hydrogens is 569 g/mol. The molecule has 0 spiro atoms. The summed E-state index contributed by atoms with van der Waals surface area (Å²) < 4.78 is 27.1. The first-order valence-electron chi connectivity index (χ1n) is 13.0. The minimum atomic E-state index is -3.85. The molecule has 0 aliphatic carbocycles. The quantitative estimate of drug-likeness (QED) is 0.294. The first kappa shape index (κ1) is 31.5. The second kappa shape index (κ2) is 14.0. The van der Waals surface area contributed by atoms with Crippen LogP contribution >= 0.6 is 23.2 Å². The third kappa shape index (κ3) is 8.22. The largest absolute Gasteiger partial charge is 0.354 e. The van der Waals surface area contributed by atoms with Gasteiger partial charge in [-0.1, -0.05) is 78.7 Å². The average Bonchev–Trinajstić information content (AvgIpc) is 2.90. The topological polar surface area (TPSA) is 86.8 Å². The maximum atomic E-state index is 14.1. The predicted octanol–water partition coefficient (Wildman–Crippen LogP) is 5.54. The number of aryl methyl sites for hydroxylation is 1. The molecule has 2 amide bonds. The van der Waals surface area contributed by atoms with Crippen molar-refractivity contribution in [2.75, 3.05) is 23.7 Å². The van der Waals surface area contributed by atoms with Crippen LogP contribution in [0.1, 0.15) is 35.6 Å². The van der Waals surface area contributed by atoms with Crippen molar-refractivity contribution in [3.63, 3.8) is 0 Å². The van der Waals surface area contributed by atoms with E-state index in [1.165, 1.54) is 4.90 Å². The van der Waals surface area contributed by atoms with Gasteiger partial charge in [-0.3, -0.25) is 13.9 Å². The van der Waals surface area contributed by atoms with E-state index in [4.69, 9.17) is 23.2 Å². The van der Waals surface area contributed by atoms with Crippen LogP contribution in [0.4, 0.5) is 5.69 Å². The number of carbonyl (C=O) groups is 2. The van der Waals surface area contributed by atoms with Crippen molar-refractivity contribution in [3.05, 3.63) is 99.0 Å². The van der Waals surface area contributed by atoms with Gasteiger partial charge < -0.3 is 10.2 Å². The number of carbonyl (C=O) groups excluding carboxylic acids is 2. The van der Waals surface area contributed by atoms with Crippen molar-refractivity contribution in [1.82, 2.24) is 10.2 Å². The lowest BCUT2D eigenvalue weighted by Gasteiger charge is -2.34. The van der Waals surface area contributed by atoms with E-state index in [2.05, 4.69) is 5.32 Å². The molecule has 0 radical (unpaired) electrons. The van der Waals surface area contributed by atoms with Crippen molar-refractivity contribution in [1.29, 1.82) is 0 Å². The molecule has 0 saturated carbocycles. The number of halogens is 2. The highest BCUT2D eigenvalue weighted by Gasteiger charge is 2.33. The molecule has 3 aromatic rings. The van der Waals surface area contributed by atoms with E-state index in [1.54, 1.807) is 30.3 Å². The highest BCUT2D eigenvalue weighted by Crippen LogP contribution is 2.27. The van der Waals surface area contributed by atoms with Gasteiger partial charge in [0.1, 0.15) is 12.6 Å². The molecular formula is C30H35Cl2N3O4S. The summed E-state index contributed by atoms with van der Waals surface area (Å²) in [5.41, 5.74) is 3.49. The molecule has 7 nitrogen and oxygen atoms in total. The molecule has 0 fully saturated rings. The van der Waals surface area contributed by atoms with Gasteiger partial charge >= 0.3 is 0 Å². The number of hydrogen-bond acceptors (Lipinski definition) is 4. The molecule has 214 valence electrons. The van der Waals surface area contributed by atoms with Crippen molar-refractivity contribution in [3.8, 4) is 0 Å². The SMILES string of the molecule is CCCNC(=O)C(Cc1ccccc1)N(Cc1ccc(Cl)cc1Cl)C(=O)CN(c1cccc(C)c1C)S(C)(=O)=O. The molecule has 40 heavy (non-hydrogen) atoms. The van der Waals surface area contributed by atoms with E-state index >= 15 is 0 Å². The van der Waals surface area contributed by atoms with Gasteiger partial charge in [0.15, 0.2) is 0 Å². The van der Waals surface area contributed by atoms with Gasteiger partial charge in [0, 0.05) is 29.6 Å². The summed E-state index contributed by atoms with van der Waals surface area (Å²) in [5.74, 6) is -0.869. The molecule has 1 unspecified atom stereocenters. The maximum absolute atomic E-state index is 14.1. The van der Waals surface area contributed by atoms with Gasteiger partial charge in [0.05, 0.1) is 11.9 Å². The summed E-state index contributed by atoms with van der Waals surface area (Å²) >= 11 is 12.6. The van der Waals surface area contributed by atoms with E-state index < -0.39 is 28.5 Å². The minimum Gasteiger partial charge on any atom is -0.354 e. The second-order valence-electron chi connectivity index (χ2n) is 9.74. The summed E-state index contributed by atoms with van der Waals surface area (Å²) in [6, 6.07) is 18.7. The van der Waals surface area contributed by atoms with Gasteiger partial charge in [0.25, 0.3) is 0 Å². The number of nitrogens with zero attached hydrogens (tertiary/aromatic N) is 2. The Hall–Kier alpha value is -3.07. The van der Waals surface area contributed by atoms with Crippen LogP contribution in [0.5, 0.6) is 0 Å². The first-order valence-corrected chi connectivity index (χ1v) is 15.6. The predicted molar refractivity (Wildman–Crippen MR) is 162 cm³/mol. The van der Waals surface area contributed by atoms with E-state index in [-0.39, 0.29) is 18.9 Å². The summed E-state index contributed by atoms with van der Waals surface area (Å²) in [6.45, 7) is 5.57. The molecule has 3 aromatic carbocycles. The Kier molecular flexibility index (Phi) is 11.0. The van der Waals surface area contributed by atoms with Crippen LogP contribution in [0.25, 0.3) is 0 Å². The van der Waals surface area contributed by atoms with Crippen molar-refractivity contribution in [2.24, 2.45) is 0 Å². The Labute approximate surface area is 247 Å². The number of benzene rings is 3. The van der Waals surface area contributed by atoms with E-state index in [0.717, 1.165) is 33.7 Å². The zero-order chi connectivity index (χ0) is 29.4. The van der Waals surface area contributed by atoms with Gasteiger partial charge in [-0.05, 0) is 60.7 Å². The Morgan fingerprint density at radius 2 is 1.68 bits per heavy atom. The zero-order valence-electron chi connectivity index (χ0n) is 23.2. The highest BCUT2D eigenvalue weighted by molar-refractivity contribution is 7.92. The Bertz CT molecular complexity index is 1450. The molecule has 0 aliphatic rings. The normalized spacial score (nSPS) is 12.1. The fourth-order valence-electron chi connectivity index (χ4n) is 4.35. The van der Waals surface area contributed by atoms with Crippen LogP contribution in [0, 0.1) is 13.8 Å². The van der Waals surface area contributed by atoms with Gasteiger partial charge in [0.2, 0.25) is 21.8 Å². The molecule has 10 heteroatoms. The lowest BCUT2D eigenvalue weighted by molar-refractivity contribution is -0.140. The van der Waals surface area contributed by atoms with Gasteiger partial charge in [-0.15, -0.1) is 0 Å². The van der Waals surface area contributed by atoms with Crippen LogP contribution in [0.2, 0.25) is 10.0 Å². The monoisotopic (exact) mass is 603 g/mol. The van der Waals surface area contributed by atoms with E-state index in [1.807, 2.05) is 57.2 Å². The number of hydrogen-bond donors (Lipinski definition) is 1. The van der Waals surface area contributed by atoms with E-state index in [9.17, 15) is 18.0 Å². The molecule has 3 rings (SSSR count). The average molecular weight is 605 g/mol. The lowest BCUT2D eigenvalue weighted by Crippen LogP contribution is -2.53. The third-order valence-corrected chi connectivity index (χ3v) is 8.41. The second-order valence-corrected chi connectivity index (χ2v) is 12.5. The van der Waals surface area contributed by atoms with Crippen molar-refractivity contribution < 1.29 is 18.0 Å². The minimum absolute atomic E-state index is 0.0176. The molecule has 0 bridgehead atoms. The molecule has 0 aromatic heterocycles. The molecule has 0 saturated heterocycles. The number of amides is 2. The number of sulfonamides is 1.